The van der Waals surface area contributed by atoms with Crippen molar-refractivity contribution < 1.29 is 14.7 Å². The van der Waals surface area contributed by atoms with E-state index in [1.807, 2.05) is 37.3 Å². The number of aliphatic carboxylic acids is 1. The lowest BCUT2D eigenvalue weighted by Crippen LogP contribution is -2.33. The molecular formula is C17H21NO3. The van der Waals surface area contributed by atoms with E-state index in [0.717, 1.165) is 24.0 Å². The Morgan fingerprint density at radius 1 is 1.33 bits per heavy atom. The number of carboxylic acids is 1. The zero-order valence-electron chi connectivity index (χ0n) is 12.2. The summed E-state index contributed by atoms with van der Waals surface area (Å²) in [6.45, 7) is 2.10. The van der Waals surface area contributed by atoms with E-state index in [1.54, 1.807) is 6.08 Å². The zero-order chi connectivity index (χ0) is 15.2. The predicted molar refractivity (Wildman–Crippen MR) is 80.8 cm³/mol. The van der Waals surface area contributed by atoms with E-state index in [-0.39, 0.29) is 12.5 Å². The van der Waals surface area contributed by atoms with Gasteiger partial charge < -0.3 is 10.4 Å². The van der Waals surface area contributed by atoms with E-state index in [2.05, 4.69) is 5.32 Å². The normalized spacial score (nSPS) is 16.3. The van der Waals surface area contributed by atoms with Gasteiger partial charge in [-0.05, 0) is 37.7 Å². The van der Waals surface area contributed by atoms with Crippen LogP contribution in [0.4, 0.5) is 0 Å². The van der Waals surface area contributed by atoms with Crippen molar-refractivity contribution in [1.29, 1.82) is 0 Å². The summed E-state index contributed by atoms with van der Waals surface area (Å²) in [7, 11) is 0. The molecule has 0 unspecified atom stereocenters. The number of nitrogens with one attached hydrogen (secondary N) is 1. The molecule has 1 aliphatic carbocycles. The maximum absolute atomic E-state index is 11.8. The number of rotatable bonds is 7. The molecule has 1 aliphatic rings. The minimum absolute atomic E-state index is 0.150. The fourth-order valence-electron chi connectivity index (χ4n) is 2.28. The molecule has 1 atom stereocenters. The molecule has 2 rings (SSSR count). The third-order valence-corrected chi connectivity index (χ3v) is 3.78. The second-order valence-corrected chi connectivity index (χ2v) is 5.63. The fraction of sp³-hybridized carbons (Fsp3) is 0.412. The fourth-order valence-corrected chi connectivity index (χ4v) is 2.28. The first-order valence-corrected chi connectivity index (χ1v) is 7.29. The van der Waals surface area contributed by atoms with Crippen LogP contribution in [-0.4, -0.2) is 23.5 Å². The van der Waals surface area contributed by atoms with Crippen molar-refractivity contribution in [2.24, 2.45) is 11.8 Å². The average molecular weight is 287 g/mol. The van der Waals surface area contributed by atoms with Gasteiger partial charge in [0.2, 0.25) is 5.91 Å². The lowest BCUT2D eigenvalue weighted by atomic mass is 9.99. The molecule has 2 N–H and O–H groups in total. The van der Waals surface area contributed by atoms with Crippen LogP contribution >= 0.6 is 0 Å². The smallest absolute Gasteiger partial charge is 0.308 e. The second kappa shape index (κ2) is 7.07. The van der Waals surface area contributed by atoms with Crippen molar-refractivity contribution in [1.82, 2.24) is 5.32 Å². The molecule has 1 amide bonds. The van der Waals surface area contributed by atoms with Crippen LogP contribution in [0.5, 0.6) is 0 Å². The number of hydrogen-bond acceptors (Lipinski definition) is 2. The Morgan fingerprint density at radius 2 is 2.00 bits per heavy atom. The van der Waals surface area contributed by atoms with E-state index < -0.39 is 11.9 Å². The molecule has 0 aliphatic heterocycles. The summed E-state index contributed by atoms with van der Waals surface area (Å²) in [6.07, 6.45) is 4.32. The molecule has 0 aromatic heterocycles. The number of hydrogen-bond donors (Lipinski definition) is 2. The summed E-state index contributed by atoms with van der Waals surface area (Å²) in [5.74, 6) is -1.14. The predicted octanol–water partition coefficient (Wildman–Crippen LogP) is 2.40. The van der Waals surface area contributed by atoms with Gasteiger partial charge in [0.25, 0.3) is 0 Å². The summed E-state index contributed by atoms with van der Waals surface area (Å²) in [5, 5.41) is 12.0. The van der Waals surface area contributed by atoms with Crippen molar-refractivity contribution in [2.45, 2.75) is 26.2 Å². The number of allylic oxidation sites excluding steroid dienone is 1. The van der Waals surface area contributed by atoms with Crippen molar-refractivity contribution in [3.05, 3.63) is 47.5 Å². The van der Waals surface area contributed by atoms with Gasteiger partial charge in [-0.15, -0.1) is 0 Å². The third kappa shape index (κ3) is 5.06. The Bertz CT molecular complexity index is 532. The van der Waals surface area contributed by atoms with Crippen LogP contribution in [-0.2, 0) is 16.0 Å². The maximum atomic E-state index is 11.8. The lowest BCUT2D eigenvalue weighted by Gasteiger charge is -2.13. The Hall–Kier alpha value is -2.10. The number of amides is 1. The first kappa shape index (κ1) is 15.3. The Balaban J connectivity index is 1.86. The molecular weight excluding hydrogens is 266 g/mol. The highest BCUT2D eigenvalue weighted by Gasteiger charge is 2.24. The SMILES string of the molecule is C/C(=C\C(=O)NC[C@H](Cc1ccccc1)C(=O)O)C1CC1. The van der Waals surface area contributed by atoms with Crippen LogP contribution in [0.15, 0.2) is 42.0 Å². The van der Waals surface area contributed by atoms with E-state index in [0.29, 0.717) is 12.3 Å². The summed E-state index contributed by atoms with van der Waals surface area (Å²) >= 11 is 0. The van der Waals surface area contributed by atoms with Crippen molar-refractivity contribution in [3.8, 4) is 0 Å². The van der Waals surface area contributed by atoms with Gasteiger partial charge in [-0.3, -0.25) is 9.59 Å². The molecule has 0 heterocycles. The molecule has 21 heavy (non-hydrogen) atoms. The van der Waals surface area contributed by atoms with Crippen LogP contribution in [0.3, 0.4) is 0 Å². The highest BCUT2D eigenvalue weighted by Crippen LogP contribution is 2.35. The van der Waals surface area contributed by atoms with E-state index in [1.165, 1.54) is 0 Å². The molecule has 0 spiro atoms. The minimum atomic E-state index is -0.887. The molecule has 4 nitrogen and oxygen atoms in total. The van der Waals surface area contributed by atoms with E-state index in [9.17, 15) is 14.7 Å². The van der Waals surface area contributed by atoms with Gasteiger partial charge in [0, 0.05) is 12.6 Å². The largest absolute Gasteiger partial charge is 0.481 e. The molecule has 0 saturated heterocycles. The monoisotopic (exact) mass is 287 g/mol. The van der Waals surface area contributed by atoms with Gasteiger partial charge in [-0.1, -0.05) is 35.9 Å². The highest BCUT2D eigenvalue weighted by molar-refractivity contribution is 5.88. The molecule has 112 valence electrons. The number of carboxylic acid groups (broad SMARTS) is 1. The molecule has 1 aromatic rings. The van der Waals surface area contributed by atoms with Crippen LogP contribution in [0.1, 0.15) is 25.3 Å². The summed E-state index contributed by atoms with van der Waals surface area (Å²) in [5.41, 5.74) is 2.05. The first-order chi connectivity index (χ1) is 10.1. The Morgan fingerprint density at radius 3 is 2.57 bits per heavy atom. The summed E-state index contributed by atoms with van der Waals surface area (Å²) in [6, 6.07) is 9.46. The molecule has 1 saturated carbocycles. The quantitative estimate of drug-likeness (QED) is 0.757. The van der Waals surface area contributed by atoms with Gasteiger partial charge in [-0.25, -0.2) is 0 Å². The molecule has 4 heteroatoms. The second-order valence-electron chi connectivity index (χ2n) is 5.63. The van der Waals surface area contributed by atoms with Crippen molar-refractivity contribution in [3.63, 3.8) is 0 Å². The molecule has 0 bridgehead atoms. The topological polar surface area (TPSA) is 66.4 Å². The molecule has 0 radical (unpaired) electrons. The number of carbonyl (C=O) groups excluding carboxylic acids is 1. The summed E-state index contributed by atoms with van der Waals surface area (Å²) in [4.78, 5) is 23.1. The van der Waals surface area contributed by atoms with Gasteiger partial charge in [-0.2, -0.15) is 0 Å². The third-order valence-electron chi connectivity index (χ3n) is 3.78. The Kier molecular flexibility index (Phi) is 5.14. The highest BCUT2D eigenvalue weighted by atomic mass is 16.4. The number of carbonyl (C=O) groups is 2. The standard InChI is InChI=1S/C17H21NO3/c1-12(14-7-8-14)9-16(19)18-11-15(17(20)21)10-13-5-3-2-4-6-13/h2-6,9,14-15H,7-8,10-11H2,1H3,(H,18,19)(H,20,21)/b12-9+/t15-/m0/s1. The van der Waals surface area contributed by atoms with Gasteiger partial charge in [0.15, 0.2) is 0 Å². The summed E-state index contributed by atoms with van der Waals surface area (Å²) < 4.78 is 0. The number of benzene rings is 1. The minimum Gasteiger partial charge on any atom is -0.481 e. The van der Waals surface area contributed by atoms with E-state index >= 15 is 0 Å². The molecule has 1 aromatic carbocycles. The lowest BCUT2D eigenvalue weighted by molar-refractivity contribution is -0.141. The average Bonchev–Trinajstić information content (AvgIpc) is 3.28. The first-order valence-electron chi connectivity index (χ1n) is 7.29. The van der Waals surface area contributed by atoms with Gasteiger partial charge in [0.05, 0.1) is 5.92 Å². The van der Waals surface area contributed by atoms with Gasteiger partial charge in [0.1, 0.15) is 0 Å². The molecule has 1 fully saturated rings. The van der Waals surface area contributed by atoms with Crippen LogP contribution in [0.25, 0.3) is 0 Å². The maximum Gasteiger partial charge on any atom is 0.308 e. The van der Waals surface area contributed by atoms with Crippen molar-refractivity contribution >= 4 is 11.9 Å². The Labute approximate surface area is 124 Å². The van der Waals surface area contributed by atoms with Crippen LogP contribution in [0, 0.1) is 11.8 Å². The van der Waals surface area contributed by atoms with Crippen molar-refractivity contribution in [2.75, 3.05) is 6.54 Å². The van der Waals surface area contributed by atoms with Gasteiger partial charge >= 0.3 is 5.97 Å². The zero-order valence-corrected chi connectivity index (χ0v) is 12.2. The van der Waals surface area contributed by atoms with Crippen LogP contribution < -0.4 is 5.32 Å². The van der Waals surface area contributed by atoms with Crippen LogP contribution in [0.2, 0.25) is 0 Å². The van der Waals surface area contributed by atoms with E-state index in [4.69, 9.17) is 0 Å².